The second-order valence-corrected chi connectivity index (χ2v) is 8.95. The summed E-state index contributed by atoms with van der Waals surface area (Å²) in [5.41, 5.74) is 2.45. The number of nitrogens with one attached hydrogen (secondary N) is 1. The van der Waals surface area contributed by atoms with Crippen LogP contribution < -0.4 is 10.1 Å². The highest BCUT2D eigenvalue weighted by atomic mass is 16.5. The van der Waals surface area contributed by atoms with Crippen molar-refractivity contribution in [1.82, 2.24) is 5.32 Å². The van der Waals surface area contributed by atoms with Crippen molar-refractivity contribution >= 4 is 0 Å². The summed E-state index contributed by atoms with van der Waals surface area (Å²) in [4.78, 5) is 0. The Hall–Kier alpha value is -1.02. The number of hydrogen-bond donors (Lipinski definition) is 1. The topological polar surface area (TPSA) is 21.3 Å². The summed E-state index contributed by atoms with van der Waals surface area (Å²) in [6.07, 6.45) is 20.1. The van der Waals surface area contributed by atoms with Gasteiger partial charge in [0.15, 0.2) is 0 Å². The average molecular weight is 404 g/mol. The van der Waals surface area contributed by atoms with Gasteiger partial charge in [0.1, 0.15) is 11.9 Å². The number of ether oxygens (including phenoxy) is 1. The van der Waals surface area contributed by atoms with Crippen LogP contribution in [-0.2, 0) is 0 Å². The smallest absolute Gasteiger partial charge is 0.125 e. The molecule has 0 aliphatic rings. The maximum absolute atomic E-state index is 6.14. The fourth-order valence-corrected chi connectivity index (χ4v) is 3.98. The second-order valence-electron chi connectivity index (χ2n) is 8.95. The van der Waals surface area contributed by atoms with Gasteiger partial charge < -0.3 is 10.1 Å². The Bertz CT molecular complexity index is 479. The van der Waals surface area contributed by atoms with Crippen molar-refractivity contribution in [2.75, 3.05) is 13.1 Å². The first-order valence-electron chi connectivity index (χ1n) is 12.6. The van der Waals surface area contributed by atoms with Crippen LogP contribution in [-0.4, -0.2) is 19.2 Å². The van der Waals surface area contributed by atoms with E-state index in [-0.39, 0.29) is 6.10 Å². The number of benzene rings is 1. The summed E-state index contributed by atoms with van der Waals surface area (Å²) in [6.45, 7) is 10.7. The Morgan fingerprint density at radius 2 is 1.17 bits per heavy atom. The molecule has 2 heteroatoms. The van der Waals surface area contributed by atoms with Crippen LogP contribution in [0.5, 0.6) is 5.75 Å². The molecule has 2 nitrogen and oxygen atoms in total. The highest BCUT2D eigenvalue weighted by Crippen LogP contribution is 2.23. The predicted molar refractivity (Wildman–Crippen MR) is 129 cm³/mol. The Balaban J connectivity index is 1.85. The molecule has 0 radical (unpaired) electrons. The lowest BCUT2D eigenvalue weighted by Crippen LogP contribution is -2.30. The van der Waals surface area contributed by atoms with Gasteiger partial charge in [0, 0.05) is 6.54 Å². The standard InChI is InChI=1S/C27H49NO/c1-5-6-7-8-9-10-11-12-13-14-15-16-17-18-22-28-23-26(4)29-27-24(2)20-19-21-25(27)3/h19-21,26,28H,5-18,22-23H2,1-4H3. The molecule has 1 rings (SSSR count). The van der Waals surface area contributed by atoms with E-state index in [0.29, 0.717) is 0 Å². The summed E-state index contributed by atoms with van der Waals surface area (Å²) in [5, 5.41) is 3.56. The van der Waals surface area contributed by atoms with E-state index in [1.165, 1.54) is 101 Å². The molecule has 0 amide bonds. The van der Waals surface area contributed by atoms with Crippen LogP contribution in [0.1, 0.15) is 115 Å². The van der Waals surface area contributed by atoms with Crippen LogP contribution in [0.2, 0.25) is 0 Å². The second kappa shape index (κ2) is 17.8. The van der Waals surface area contributed by atoms with Crippen molar-refractivity contribution in [1.29, 1.82) is 0 Å². The lowest BCUT2D eigenvalue weighted by molar-refractivity contribution is 0.214. The summed E-state index contributed by atoms with van der Waals surface area (Å²) in [6, 6.07) is 6.34. The molecule has 1 aromatic carbocycles. The van der Waals surface area contributed by atoms with Crippen molar-refractivity contribution in [3.8, 4) is 5.75 Å². The molecule has 0 aliphatic heterocycles. The summed E-state index contributed by atoms with van der Waals surface area (Å²) >= 11 is 0. The van der Waals surface area contributed by atoms with Gasteiger partial charge >= 0.3 is 0 Å². The lowest BCUT2D eigenvalue weighted by atomic mass is 10.0. The molecule has 0 bridgehead atoms. The average Bonchev–Trinajstić information content (AvgIpc) is 2.70. The third-order valence-corrected chi connectivity index (χ3v) is 5.87. The molecule has 168 valence electrons. The minimum absolute atomic E-state index is 0.210. The van der Waals surface area contributed by atoms with Crippen molar-refractivity contribution in [3.63, 3.8) is 0 Å². The van der Waals surface area contributed by atoms with Crippen LogP contribution in [0, 0.1) is 13.8 Å². The molecule has 0 fully saturated rings. The van der Waals surface area contributed by atoms with E-state index in [9.17, 15) is 0 Å². The third-order valence-electron chi connectivity index (χ3n) is 5.87. The van der Waals surface area contributed by atoms with Crippen molar-refractivity contribution in [2.24, 2.45) is 0 Å². The largest absolute Gasteiger partial charge is 0.489 e. The van der Waals surface area contributed by atoms with Gasteiger partial charge in [-0.15, -0.1) is 0 Å². The SMILES string of the molecule is CCCCCCCCCCCCCCCCNCC(C)Oc1c(C)cccc1C. The molecular formula is C27H49NO. The van der Waals surface area contributed by atoms with Crippen LogP contribution in [0.3, 0.4) is 0 Å². The number of hydrogen-bond acceptors (Lipinski definition) is 2. The lowest BCUT2D eigenvalue weighted by Gasteiger charge is -2.18. The van der Waals surface area contributed by atoms with E-state index in [4.69, 9.17) is 4.74 Å². The maximum atomic E-state index is 6.14. The van der Waals surface area contributed by atoms with Gasteiger partial charge in [0.05, 0.1) is 0 Å². The summed E-state index contributed by atoms with van der Waals surface area (Å²) in [5.74, 6) is 1.05. The molecular weight excluding hydrogens is 354 g/mol. The van der Waals surface area contributed by atoms with E-state index >= 15 is 0 Å². The van der Waals surface area contributed by atoms with E-state index in [1.807, 2.05) is 0 Å². The molecule has 0 saturated carbocycles. The van der Waals surface area contributed by atoms with Crippen LogP contribution in [0.15, 0.2) is 18.2 Å². The minimum atomic E-state index is 0.210. The van der Waals surface area contributed by atoms with Crippen LogP contribution in [0.4, 0.5) is 0 Å². The van der Waals surface area contributed by atoms with Gasteiger partial charge in [-0.05, 0) is 44.9 Å². The number of para-hydroxylation sites is 1. The first kappa shape index (κ1) is 26.0. The van der Waals surface area contributed by atoms with Gasteiger partial charge in [-0.3, -0.25) is 0 Å². The Morgan fingerprint density at radius 3 is 1.66 bits per heavy atom. The van der Waals surface area contributed by atoms with Gasteiger partial charge in [-0.25, -0.2) is 0 Å². The normalized spacial score (nSPS) is 12.3. The van der Waals surface area contributed by atoms with E-state index in [1.54, 1.807) is 0 Å². The molecule has 1 aromatic rings. The quantitative estimate of drug-likeness (QED) is 0.235. The van der Waals surface area contributed by atoms with Gasteiger partial charge in [-0.1, -0.05) is 109 Å². The molecule has 0 heterocycles. The first-order chi connectivity index (χ1) is 14.1. The molecule has 0 saturated heterocycles. The Kier molecular flexibility index (Phi) is 16.0. The Morgan fingerprint density at radius 1 is 0.724 bits per heavy atom. The zero-order valence-electron chi connectivity index (χ0n) is 20.0. The highest BCUT2D eigenvalue weighted by Gasteiger charge is 2.08. The highest BCUT2D eigenvalue weighted by molar-refractivity contribution is 5.39. The van der Waals surface area contributed by atoms with Gasteiger partial charge in [0.25, 0.3) is 0 Å². The van der Waals surface area contributed by atoms with Crippen molar-refractivity contribution in [3.05, 3.63) is 29.3 Å². The third kappa shape index (κ3) is 13.8. The number of rotatable bonds is 19. The summed E-state index contributed by atoms with van der Waals surface area (Å²) < 4.78 is 6.14. The fourth-order valence-electron chi connectivity index (χ4n) is 3.98. The fraction of sp³-hybridized carbons (Fsp3) is 0.778. The molecule has 1 atom stereocenters. The molecule has 0 aromatic heterocycles. The van der Waals surface area contributed by atoms with Crippen LogP contribution >= 0.6 is 0 Å². The van der Waals surface area contributed by atoms with Gasteiger partial charge in [-0.2, -0.15) is 0 Å². The van der Waals surface area contributed by atoms with E-state index in [0.717, 1.165) is 18.8 Å². The zero-order chi connectivity index (χ0) is 21.2. The molecule has 1 N–H and O–H groups in total. The molecule has 1 unspecified atom stereocenters. The monoisotopic (exact) mass is 403 g/mol. The first-order valence-corrected chi connectivity index (χ1v) is 12.6. The van der Waals surface area contributed by atoms with Crippen LogP contribution in [0.25, 0.3) is 0 Å². The van der Waals surface area contributed by atoms with Crippen molar-refractivity contribution in [2.45, 2.75) is 124 Å². The Labute approximate surface area is 182 Å². The zero-order valence-corrected chi connectivity index (χ0v) is 20.0. The minimum Gasteiger partial charge on any atom is -0.489 e. The van der Waals surface area contributed by atoms with E-state index in [2.05, 4.69) is 51.2 Å². The number of unbranched alkanes of at least 4 members (excludes halogenated alkanes) is 13. The van der Waals surface area contributed by atoms with Gasteiger partial charge in [0.2, 0.25) is 0 Å². The number of aryl methyl sites for hydroxylation is 2. The molecule has 29 heavy (non-hydrogen) atoms. The molecule has 0 aliphatic carbocycles. The van der Waals surface area contributed by atoms with Crippen molar-refractivity contribution < 1.29 is 4.74 Å². The molecule has 0 spiro atoms. The van der Waals surface area contributed by atoms with E-state index < -0.39 is 0 Å². The summed E-state index contributed by atoms with van der Waals surface area (Å²) in [7, 11) is 0. The predicted octanol–water partition coefficient (Wildman–Crippen LogP) is 8.14. The maximum Gasteiger partial charge on any atom is 0.125 e.